The van der Waals surface area contributed by atoms with Crippen molar-refractivity contribution in [1.82, 2.24) is 25.3 Å². The van der Waals surface area contributed by atoms with Crippen LogP contribution in [0.3, 0.4) is 0 Å². The van der Waals surface area contributed by atoms with Crippen molar-refractivity contribution < 1.29 is 33.5 Å². The van der Waals surface area contributed by atoms with Gasteiger partial charge in [0.1, 0.15) is 24.2 Å². The van der Waals surface area contributed by atoms with Gasteiger partial charge in [0.2, 0.25) is 23.6 Å². The molecule has 2 aliphatic heterocycles. The molecule has 52 heavy (non-hydrogen) atoms. The molecular formula is C40H55N5O7. The zero-order chi connectivity index (χ0) is 38.1. The van der Waals surface area contributed by atoms with E-state index in [4.69, 9.17) is 4.74 Å². The first-order valence-electron chi connectivity index (χ1n) is 18.4. The van der Waals surface area contributed by atoms with E-state index in [9.17, 15) is 28.8 Å². The number of hydrogen-bond acceptors (Lipinski definition) is 7. The van der Waals surface area contributed by atoms with Crippen LogP contribution in [0.15, 0.2) is 60.7 Å². The molecule has 2 aliphatic rings. The predicted molar refractivity (Wildman–Crippen MR) is 196 cm³/mol. The topological polar surface area (TPSA) is 145 Å². The van der Waals surface area contributed by atoms with Crippen LogP contribution in [0.4, 0.5) is 0 Å². The number of likely N-dealkylation sites (N-methyl/N-ethyl adjacent to an activating group) is 2. The second kappa shape index (κ2) is 18.1. The molecule has 2 fully saturated rings. The first kappa shape index (κ1) is 40.0. The number of cyclic esters (lactones) is 1. The van der Waals surface area contributed by atoms with E-state index in [0.717, 1.165) is 11.1 Å². The summed E-state index contributed by atoms with van der Waals surface area (Å²) in [6.07, 6.45) is -0.188. The first-order chi connectivity index (χ1) is 24.7. The SMILES string of the molecule is CC(C)C[C@@H]1OC(=O)CCNC(=O)[C@H](Cc2ccccc2)N(C)C(=O)[C@H](C(C)C)N(C)C(=O)[C@H](Cc2ccccc2)NC(=O)[C@@H]2[C@@H](C)CCN2C1=O. The van der Waals surface area contributed by atoms with Gasteiger partial charge in [-0.1, -0.05) is 95.3 Å². The molecule has 5 amide bonds. The number of esters is 1. The number of hydrogen-bond donors (Lipinski definition) is 2. The minimum atomic E-state index is -1.12. The van der Waals surface area contributed by atoms with Crippen LogP contribution < -0.4 is 10.6 Å². The van der Waals surface area contributed by atoms with Crippen LogP contribution in [0.1, 0.15) is 65.0 Å². The Hall–Kier alpha value is -4.74. The van der Waals surface area contributed by atoms with E-state index in [1.54, 1.807) is 14.1 Å². The number of amides is 5. The Kier molecular flexibility index (Phi) is 14.0. The van der Waals surface area contributed by atoms with Gasteiger partial charge in [-0.25, -0.2) is 0 Å². The molecule has 2 N–H and O–H groups in total. The third kappa shape index (κ3) is 9.98. The van der Waals surface area contributed by atoms with Gasteiger partial charge in [0.05, 0.1) is 6.42 Å². The van der Waals surface area contributed by atoms with Crippen molar-refractivity contribution >= 4 is 35.5 Å². The van der Waals surface area contributed by atoms with Crippen LogP contribution in [0, 0.1) is 17.8 Å². The molecule has 2 aromatic carbocycles. The Morgan fingerprint density at radius 3 is 1.94 bits per heavy atom. The normalized spacial score (nSPS) is 26.1. The van der Waals surface area contributed by atoms with Crippen molar-refractivity contribution in [3.63, 3.8) is 0 Å². The molecule has 0 aliphatic carbocycles. The van der Waals surface area contributed by atoms with Crippen LogP contribution >= 0.6 is 0 Å². The van der Waals surface area contributed by atoms with Crippen LogP contribution in [0.25, 0.3) is 0 Å². The molecular weight excluding hydrogens is 662 g/mol. The highest BCUT2D eigenvalue weighted by Crippen LogP contribution is 2.27. The highest BCUT2D eigenvalue weighted by Gasteiger charge is 2.45. The molecule has 2 heterocycles. The van der Waals surface area contributed by atoms with E-state index in [-0.39, 0.29) is 56.5 Å². The first-order valence-corrected chi connectivity index (χ1v) is 18.4. The van der Waals surface area contributed by atoms with Gasteiger partial charge in [-0.15, -0.1) is 0 Å². The fourth-order valence-electron chi connectivity index (χ4n) is 7.22. The number of rotatable bonds is 7. The molecule has 12 nitrogen and oxygen atoms in total. The fourth-order valence-corrected chi connectivity index (χ4v) is 7.22. The number of fused-ring (bicyclic) bond motifs is 1. The Balaban J connectivity index is 1.78. The second-order valence-corrected chi connectivity index (χ2v) is 14.9. The summed E-state index contributed by atoms with van der Waals surface area (Å²) in [4.78, 5) is 88.4. The van der Waals surface area contributed by atoms with Crippen molar-refractivity contribution in [2.75, 3.05) is 27.2 Å². The Labute approximate surface area is 307 Å². The summed E-state index contributed by atoms with van der Waals surface area (Å²) in [5.74, 6) is -3.60. The molecule has 0 radical (unpaired) electrons. The van der Waals surface area contributed by atoms with Gasteiger partial charge in [-0.05, 0) is 41.7 Å². The van der Waals surface area contributed by atoms with Gasteiger partial charge in [-0.3, -0.25) is 28.8 Å². The molecule has 282 valence electrons. The molecule has 2 saturated heterocycles. The third-order valence-corrected chi connectivity index (χ3v) is 10.1. The number of benzene rings is 2. The van der Waals surface area contributed by atoms with Crippen molar-refractivity contribution in [3.8, 4) is 0 Å². The maximum Gasteiger partial charge on any atom is 0.308 e. The van der Waals surface area contributed by atoms with Crippen molar-refractivity contribution in [1.29, 1.82) is 0 Å². The second-order valence-electron chi connectivity index (χ2n) is 14.9. The monoisotopic (exact) mass is 717 g/mol. The molecule has 12 heteroatoms. The Bertz CT molecular complexity index is 1570. The fraction of sp³-hybridized carbons (Fsp3) is 0.550. The molecule has 0 unspecified atom stereocenters. The van der Waals surface area contributed by atoms with Crippen LogP contribution in [-0.2, 0) is 46.3 Å². The molecule has 0 spiro atoms. The van der Waals surface area contributed by atoms with E-state index in [2.05, 4.69) is 10.6 Å². The van der Waals surface area contributed by atoms with Crippen LogP contribution in [0.2, 0.25) is 0 Å². The van der Waals surface area contributed by atoms with E-state index < -0.39 is 65.8 Å². The molecule has 2 aromatic rings. The lowest BCUT2D eigenvalue weighted by Crippen LogP contribution is -2.61. The zero-order valence-electron chi connectivity index (χ0n) is 31.5. The summed E-state index contributed by atoms with van der Waals surface area (Å²) in [5.41, 5.74) is 1.62. The third-order valence-electron chi connectivity index (χ3n) is 10.1. The summed E-state index contributed by atoms with van der Waals surface area (Å²) < 4.78 is 5.75. The standard InChI is InChI=1S/C40H55N5O7/c1-25(2)22-32-39(50)45-21-19-27(5)35(45)37(48)42-30(23-28-14-10-8-11-15-28)38(49)44(7)34(26(3)4)40(51)43(6)31(24-29-16-12-9-13-17-29)36(47)41-20-18-33(46)52-32/h8-17,25-27,30-32,34-35H,18-24H2,1-7H3,(H,41,47)(H,42,48)/t27-,30-,31-,32-,34-,35-/m0/s1. The van der Waals surface area contributed by atoms with Gasteiger partial charge in [0, 0.05) is 40.0 Å². The van der Waals surface area contributed by atoms with E-state index in [1.165, 1.54) is 14.7 Å². The van der Waals surface area contributed by atoms with Crippen molar-refractivity contribution in [3.05, 3.63) is 71.8 Å². The van der Waals surface area contributed by atoms with Gasteiger partial charge >= 0.3 is 5.97 Å². The zero-order valence-corrected chi connectivity index (χ0v) is 31.5. The Morgan fingerprint density at radius 1 is 0.769 bits per heavy atom. The van der Waals surface area contributed by atoms with E-state index >= 15 is 0 Å². The number of carbonyl (C=O) groups excluding carboxylic acids is 6. The van der Waals surface area contributed by atoms with Gasteiger partial charge in [0.15, 0.2) is 6.10 Å². The number of nitrogens with zero attached hydrogens (tertiary/aromatic N) is 3. The van der Waals surface area contributed by atoms with Gasteiger partial charge in [-0.2, -0.15) is 0 Å². The molecule has 0 saturated carbocycles. The Morgan fingerprint density at radius 2 is 1.37 bits per heavy atom. The van der Waals surface area contributed by atoms with Gasteiger partial charge < -0.3 is 30.1 Å². The average Bonchev–Trinajstić information content (AvgIpc) is 3.50. The lowest BCUT2D eigenvalue weighted by molar-refractivity contribution is -0.162. The maximum atomic E-state index is 14.5. The summed E-state index contributed by atoms with van der Waals surface area (Å²) in [5, 5.41) is 5.76. The quantitative estimate of drug-likeness (QED) is 0.419. The average molecular weight is 718 g/mol. The lowest BCUT2D eigenvalue weighted by atomic mass is 9.96. The minimum absolute atomic E-state index is 0.000465. The summed E-state index contributed by atoms with van der Waals surface area (Å²) in [6.45, 7) is 9.58. The van der Waals surface area contributed by atoms with E-state index in [1.807, 2.05) is 95.3 Å². The smallest absolute Gasteiger partial charge is 0.308 e. The van der Waals surface area contributed by atoms with E-state index in [0.29, 0.717) is 6.42 Å². The summed E-state index contributed by atoms with van der Waals surface area (Å²) in [6, 6.07) is 14.6. The van der Waals surface area contributed by atoms with Crippen LogP contribution in [-0.4, -0.2) is 108 Å². The maximum absolute atomic E-state index is 14.5. The summed E-state index contributed by atoms with van der Waals surface area (Å²) in [7, 11) is 3.09. The van der Waals surface area contributed by atoms with Crippen molar-refractivity contribution in [2.45, 2.75) is 97.0 Å². The molecule has 0 aromatic heterocycles. The van der Waals surface area contributed by atoms with Crippen LogP contribution in [0.5, 0.6) is 0 Å². The molecule has 6 atom stereocenters. The molecule has 4 rings (SSSR count). The number of ether oxygens (including phenoxy) is 1. The highest BCUT2D eigenvalue weighted by atomic mass is 16.5. The number of carbonyl (C=O) groups is 6. The minimum Gasteiger partial charge on any atom is -0.452 e. The lowest BCUT2D eigenvalue weighted by Gasteiger charge is -2.38. The highest BCUT2D eigenvalue weighted by molar-refractivity contribution is 5.96. The number of nitrogens with one attached hydrogen (secondary N) is 2. The largest absolute Gasteiger partial charge is 0.452 e. The van der Waals surface area contributed by atoms with Gasteiger partial charge in [0.25, 0.3) is 5.91 Å². The van der Waals surface area contributed by atoms with Crippen molar-refractivity contribution in [2.24, 2.45) is 17.8 Å². The predicted octanol–water partition coefficient (Wildman–Crippen LogP) is 2.98. The molecule has 0 bridgehead atoms. The summed E-state index contributed by atoms with van der Waals surface area (Å²) >= 11 is 0.